The zero-order valence-corrected chi connectivity index (χ0v) is 11.4. The van der Waals surface area contributed by atoms with Crippen molar-refractivity contribution in [2.45, 2.75) is 33.7 Å². The molecule has 0 aliphatic rings. The van der Waals surface area contributed by atoms with E-state index in [-0.39, 0.29) is 0 Å². The second-order valence-electron chi connectivity index (χ2n) is 3.49. The maximum Gasteiger partial charge on any atom is 0.187 e. The summed E-state index contributed by atoms with van der Waals surface area (Å²) in [6.07, 6.45) is 0. The fraction of sp³-hybridized carbons (Fsp3) is 0.800. The standard InChI is InChI=1S/C10H20INO/c1-8(2)10(13-5)12(7-6-11)9(3)4/h9H,6-7H2,1-5H3. The molecule has 0 aliphatic heterocycles. The second kappa shape index (κ2) is 6.51. The number of hydrogen-bond donors (Lipinski definition) is 0. The van der Waals surface area contributed by atoms with Gasteiger partial charge in [0.25, 0.3) is 0 Å². The Morgan fingerprint density at radius 1 is 1.38 bits per heavy atom. The molecule has 0 aliphatic carbocycles. The van der Waals surface area contributed by atoms with Gasteiger partial charge in [-0.15, -0.1) is 0 Å². The minimum absolute atomic E-state index is 0.500. The maximum absolute atomic E-state index is 5.39. The van der Waals surface area contributed by atoms with E-state index in [2.05, 4.69) is 55.2 Å². The van der Waals surface area contributed by atoms with Gasteiger partial charge in [0.15, 0.2) is 5.88 Å². The van der Waals surface area contributed by atoms with Crippen molar-refractivity contribution < 1.29 is 4.74 Å². The van der Waals surface area contributed by atoms with Crippen LogP contribution in [-0.2, 0) is 4.74 Å². The van der Waals surface area contributed by atoms with Gasteiger partial charge in [-0.25, -0.2) is 0 Å². The molecule has 3 heteroatoms. The molecule has 0 N–H and O–H groups in total. The summed E-state index contributed by atoms with van der Waals surface area (Å²) in [7, 11) is 1.74. The number of rotatable bonds is 5. The molecule has 0 heterocycles. The van der Waals surface area contributed by atoms with Gasteiger partial charge in [0, 0.05) is 17.0 Å². The van der Waals surface area contributed by atoms with Crippen LogP contribution in [0.25, 0.3) is 0 Å². The Morgan fingerprint density at radius 3 is 2.15 bits per heavy atom. The Morgan fingerprint density at radius 2 is 1.92 bits per heavy atom. The lowest BCUT2D eigenvalue weighted by molar-refractivity contribution is 0.131. The lowest BCUT2D eigenvalue weighted by Gasteiger charge is -2.30. The highest BCUT2D eigenvalue weighted by Gasteiger charge is 2.13. The van der Waals surface area contributed by atoms with Gasteiger partial charge in [0.1, 0.15) is 0 Å². The van der Waals surface area contributed by atoms with Crippen molar-refractivity contribution in [2.24, 2.45) is 0 Å². The summed E-state index contributed by atoms with van der Waals surface area (Å²) in [4.78, 5) is 2.29. The Bertz CT molecular complexity index is 174. The molecule has 0 spiro atoms. The molecule has 0 saturated heterocycles. The topological polar surface area (TPSA) is 12.5 Å². The Balaban J connectivity index is 4.60. The van der Waals surface area contributed by atoms with Gasteiger partial charge in [0.2, 0.25) is 0 Å². The van der Waals surface area contributed by atoms with E-state index in [1.54, 1.807) is 7.11 Å². The molecule has 0 amide bonds. The highest BCUT2D eigenvalue weighted by molar-refractivity contribution is 14.1. The molecule has 2 nitrogen and oxygen atoms in total. The van der Waals surface area contributed by atoms with Crippen molar-refractivity contribution in [1.82, 2.24) is 4.90 Å². The van der Waals surface area contributed by atoms with Crippen LogP contribution in [0.1, 0.15) is 27.7 Å². The summed E-state index contributed by atoms with van der Waals surface area (Å²) in [6.45, 7) is 9.60. The quantitative estimate of drug-likeness (QED) is 0.439. The van der Waals surface area contributed by atoms with Gasteiger partial charge in [0.05, 0.1) is 7.11 Å². The zero-order chi connectivity index (χ0) is 10.4. The first-order valence-electron chi connectivity index (χ1n) is 4.58. The summed E-state index contributed by atoms with van der Waals surface area (Å²) in [5.41, 5.74) is 1.24. The van der Waals surface area contributed by atoms with Crippen molar-refractivity contribution in [3.05, 3.63) is 11.5 Å². The molecule has 0 bridgehead atoms. The summed E-state index contributed by atoms with van der Waals surface area (Å²) < 4.78 is 6.51. The molecule has 0 unspecified atom stereocenters. The van der Waals surface area contributed by atoms with Gasteiger partial charge >= 0.3 is 0 Å². The van der Waals surface area contributed by atoms with E-state index < -0.39 is 0 Å². The lowest BCUT2D eigenvalue weighted by Crippen LogP contribution is -2.33. The number of nitrogens with zero attached hydrogens (tertiary/aromatic N) is 1. The first kappa shape index (κ1) is 13.1. The largest absolute Gasteiger partial charge is 0.482 e. The van der Waals surface area contributed by atoms with Crippen LogP contribution in [-0.4, -0.2) is 29.0 Å². The molecule has 0 aromatic heterocycles. The van der Waals surface area contributed by atoms with Crippen molar-refractivity contribution in [3.63, 3.8) is 0 Å². The third-order valence-corrected chi connectivity index (χ3v) is 2.31. The first-order chi connectivity index (χ1) is 6.04. The van der Waals surface area contributed by atoms with Gasteiger partial charge < -0.3 is 9.64 Å². The van der Waals surface area contributed by atoms with Gasteiger partial charge in [-0.3, -0.25) is 0 Å². The predicted octanol–water partition coefficient (Wildman–Crippen LogP) is 3.03. The average Bonchev–Trinajstić information content (AvgIpc) is 2.03. The highest BCUT2D eigenvalue weighted by Crippen LogP contribution is 2.14. The van der Waals surface area contributed by atoms with Crippen LogP contribution in [0.15, 0.2) is 11.5 Å². The Hall–Kier alpha value is 0.0700. The third-order valence-electron chi connectivity index (χ3n) is 1.83. The molecule has 0 radical (unpaired) electrons. The molecule has 0 saturated carbocycles. The van der Waals surface area contributed by atoms with E-state index in [0.29, 0.717) is 6.04 Å². The fourth-order valence-corrected chi connectivity index (χ4v) is 1.81. The van der Waals surface area contributed by atoms with E-state index in [1.807, 2.05) is 0 Å². The van der Waals surface area contributed by atoms with Crippen LogP contribution < -0.4 is 0 Å². The molecule has 78 valence electrons. The van der Waals surface area contributed by atoms with Crippen molar-refractivity contribution in [2.75, 3.05) is 18.1 Å². The van der Waals surface area contributed by atoms with E-state index in [4.69, 9.17) is 4.74 Å². The molecular weight excluding hydrogens is 277 g/mol. The highest BCUT2D eigenvalue weighted by atomic mass is 127. The van der Waals surface area contributed by atoms with Crippen LogP contribution in [0.4, 0.5) is 0 Å². The monoisotopic (exact) mass is 297 g/mol. The zero-order valence-electron chi connectivity index (χ0n) is 9.22. The van der Waals surface area contributed by atoms with Crippen molar-refractivity contribution >= 4 is 22.6 Å². The molecule has 13 heavy (non-hydrogen) atoms. The molecule has 0 aromatic carbocycles. The summed E-state index contributed by atoms with van der Waals surface area (Å²) >= 11 is 2.39. The van der Waals surface area contributed by atoms with Gasteiger partial charge in [-0.05, 0) is 33.3 Å². The second-order valence-corrected chi connectivity index (χ2v) is 4.56. The molecule has 0 atom stereocenters. The van der Waals surface area contributed by atoms with E-state index in [9.17, 15) is 0 Å². The smallest absolute Gasteiger partial charge is 0.187 e. The minimum atomic E-state index is 0.500. The maximum atomic E-state index is 5.39. The fourth-order valence-electron chi connectivity index (χ4n) is 1.29. The van der Waals surface area contributed by atoms with Gasteiger partial charge in [-0.2, -0.15) is 0 Å². The van der Waals surface area contributed by atoms with Gasteiger partial charge in [-0.1, -0.05) is 22.6 Å². The minimum Gasteiger partial charge on any atom is -0.482 e. The van der Waals surface area contributed by atoms with E-state index >= 15 is 0 Å². The normalized spacial score (nSPS) is 10.1. The summed E-state index contributed by atoms with van der Waals surface area (Å²) in [5, 5.41) is 0. The average molecular weight is 297 g/mol. The van der Waals surface area contributed by atoms with E-state index in [0.717, 1.165) is 16.9 Å². The lowest BCUT2D eigenvalue weighted by atomic mass is 10.3. The SMILES string of the molecule is COC(=C(C)C)N(CCI)C(C)C. The van der Waals surface area contributed by atoms with Crippen molar-refractivity contribution in [3.8, 4) is 0 Å². The van der Waals surface area contributed by atoms with Crippen LogP contribution in [0, 0.1) is 0 Å². The number of allylic oxidation sites excluding steroid dienone is 1. The van der Waals surface area contributed by atoms with Crippen LogP contribution in [0.2, 0.25) is 0 Å². The third kappa shape index (κ3) is 4.20. The summed E-state index contributed by atoms with van der Waals surface area (Å²) in [5.74, 6) is 1.02. The summed E-state index contributed by atoms with van der Waals surface area (Å²) in [6, 6.07) is 0.500. The predicted molar refractivity (Wildman–Crippen MR) is 66.1 cm³/mol. The van der Waals surface area contributed by atoms with E-state index in [1.165, 1.54) is 5.57 Å². The Labute approximate surface area is 95.5 Å². The van der Waals surface area contributed by atoms with Crippen LogP contribution in [0.3, 0.4) is 0 Å². The number of halogens is 1. The molecule has 0 fully saturated rings. The van der Waals surface area contributed by atoms with Crippen molar-refractivity contribution in [1.29, 1.82) is 0 Å². The van der Waals surface area contributed by atoms with Crippen LogP contribution >= 0.6 is 22.6 Å². The number of hydrogen-bond acceptors (Lipinski definition) is 2. The number of methoxy groups -OCH3 is 1. The molecule has 0 rings (SSSR count). The van der Waals surface area contributed by atoms with Crippen LogP contribution in [0.5, 0.6) is 0 Å². The number of alkyl halides is 1. The molecule has 0 aromatic rings. The first-order valence-corrected chi connectivity index (χ1v) is 6.11. The molecular formula is C10H20INO. The Kier molecular flexibility index (Phi) is 6.55. The number of ether oxygens (including phenoxy) is 1.